The molecule has 6 nitrogen and oxygen atoms in total. The van der Waals surface area contributed by atoms with E-state index in [9.17, 15) is 14.0 Å². The van der Waals surface area contributed by atoms with Gasteiger partial charge in [0.1, 0.15) is 5.82 Å². The van der Waals surface area contributed by atoms with Crippen LogP contribution in [0, 0.1) is 17.2 Å². The van der Waals surface area contributed by atoms with Crippen molar-refractivity contribution in [1.29, 1.82) is 0 Å². The van der Waals surface area contributed by atoms with Gasteiger partial charge in [0.05, 0.1) is 25.6 Å². The van der Waals surface area contributed by atoms with Crippen LogP contribution >= 0.6 is 0 Å². The number of ether oxygens (including phenoxy) is 2. The van der Waals surface area contributed by atoms with E-state index < -0.39 is 0 Å². The number of benzene rings is 1. The van der Waals surface area contributed by atoms with E-state index in [1.54, 1.807) is 17.0 Å². The maximum atomic E-state index is 13.5. The zero-order valence-corrected chi connectivity index (χ0v) is 16.1. The summed E-state index contributed by atoms with van der Waals surface area (Å²) >= 11 is 0. The Bertz CT molecular complexity index is 729. The Morgan fingerprint density at radius 2 is 1.79 bits per heavy atom. The lowest BCUT2D eigenvalue weighted by atomic mass is 9.71. The third kappa shape index (κ3) is 3.91. The minimum absolute atomic E-state index is 0.0475. The fraction of sp³-hybridized carbons (Fsp3) is 0.619. The van der Waals surface area contributed by atoms with Crippen LogP contribution in [0.25, 0.3) is 0 Å². The average Bonchev–Trinajstić information content (AvgIpc) is 3.07. The second-order valence-corrected chi connectivity index (χ2v) is 8.05. The van der Waals surface area contributed by atoms with Gasteiger partial charge in [-0.05, 0) is 30.5 Å². The summed E-state index contributed by atoms with van der Waals surface area (Å²) in [5, 5.41) is 0. The van der Waals surface area contributed by atoms with Gasteiger partial charge in [0.25, 0.3) is 0 Å². The van der Waals surface area contributed by atoms with E-state index in [1.807, 2.05) is 4.90 Å². The van der Waals surface area contributed by atoms with Gasteiger partial charge in [-0.2, -0.15) is 0 Å². The molecule has 0 N–H and O–H groups in total. The van der Waals surface area contributed by atoms with Crippen molar-refractivity contribution in [1.82, 2.24) is 9.80 Å². The third-order valence-corrected chi connectivity index (χ3v) is 6.35. The number of hydrogen-bond donors (Lipinski definition) is 0. The molecule has 0 aromatic heterocycles. The topological polar surface area (TPSA) is 59.1 Å². The number of nitrogens with zero attached hydrogens (tertiary/aromatic N) is 2. The van der Waals surface area contributed by atoms with Gasteiger partial charge in [0, 0.05) is 44.8 Å². The number of hydrogen-bond acceptors (Lipinski definition) is 4. The van der Waals surface area contributed by atoms with E-state index >= 15 is 0 Å². The maximum Gasteiger partial charge on any atom is 0.228 e. The van der Waals surface area contributed by atoms with Crippen molar-refractivity contribution in [3.05, 3.63) is 35.6 Å². The molecule has 0 bridgehead atoms. The van der Waals surface area contributed by atoms with Gasteiger partial charge in [0.2, 0.25) is 11.8 Å². The second kappa shape index (κ2) is 8.17. The van der Waals surface area contributed by atoms with Crippen molar-refractivity contribution < 1.29 is 23.5 Å². The van der Waals surface area contributed by atoms with E-state index in [1.165, 1.54) is 12.1 Å². The van der Waals surface area contributed by atoms with Crippen molar-refractivity contribution >= 4 is 11.8 Å². The standard InChI is InChI=1S/C21H27FN2O4/c22-17-3-1-2-16(12-17)13-19(25)24-14-18(20(26)23-6-10-28-11-7-23)21(15-24)4-8-27-9-5-21/h1-3,12,18H,4-11,13-15H2. The molecular formula is C21H27FN2O4. The molecule has 7 heteroatoms. The molecule has 0 aliphatic carbocycles. The van der Waals surface area contributed by atoms with Crippen LogP contribution in [0.5, 0.6) is 0 Å². The number of halogens is 1. The average molecular weight is 390 g/mol. The highest BCUT2D eigenvalue weighted by Crippen LogP contribution is 2.45. The van der Waals surface area contributed by atoms with Gasteiger partial charge in [-0.1, -0.05) is 12.1 Å². The third-order valence-electron chi connectivity index (χ3n) is 6.35. The molecule has 3 saturated heterocycles. The molecule has 0 radical (unpaired) electrons. The highest BCUT2D eigenvalue weighted by Gasteiger charge is 2.52. The first-order valence-electron chi connectivity index (χ1n) is 10.0. The summed E-state index contributed by atoms with van der Waals surface area (Å²) in [4.78, 5) is 29.9. The first kappa shape index (κ1) is 19.3. The Balaban J connectivity index is 1.50. The van der Waals surface area contributed by atoms with Gasteiger partial charge in [0.15, 0.2) is 0 Å². The number of likely N-dealkylation sites (tertiary alicyclic amines) is 1. The van der Waals surface area contributed by atoms with Crippen molar-refractivity contribution in [3.8, 4) is 0 Å². The van der Waals surface area contributed by atoms with Gasteiger partial charge in [-0.25, -0.2) is 4.39 Å². The SMILES string of the molecule is O=C(Cc1cccc(F)c1)N1CC(C(=O)N2CCOCC2)C2(CCOCC2)C1. The van der Waals surface area contributed by atoms with Crippen LogP contribution in [0.1, 0.15) is 18.4 Å². The molecule has 1 spiro atoms. The quantitative estimate of drug-likeness (QED) is 0.785. The van der Waals surface area contributed by atoms with Crippen LogP contribution in [0.4, 0.5) is 4.39 Å². The van der Waals surface area contributed by atoms with Crippen LogP contribution in [0.15, 0.2) is 24.3 Å². The predicted molar refractivity (Wildman–Crippen MR) is 100 cm³/mol. The van der Waals surface area contributed by atoms with Gasteiger partial charge >= 0.3 is 0 Å². The molecule has 3 heterocycles. The molecule has 3 aliphatic heterocycles. The predicted octanol–water partition coefficient (Wildman–Crippen LogP) is 1.48. The first-order chi connectivity index (χ1) is 13.6. The second-order valence-electron chi connectivity index (χ2n) is 8.05. The summed E-state index contributed by atoms with van der Waals surface area (Å²) < 4.78 is 24.4. The lowest BCUT2D eigenvalue weighted by Crippen LogP contribution is -2.49. The number of amides is 2. The minimum Gasteiger partial charge on any atom is -0.381 e. The van der Waals surface area contributed by atoms with Crippen LogP contribution in [0.3, 0.4) is 0 Å². The lowest BCUT2D eigenvalue weighted by molar-refractivity contribution is -0.144. The van der Waals surface area contributed by atoms with E-state index in [0.717, 1.165) is 12.8 Å². The Morgan fingerprint density at radius 1 is 1.07 bits per heavy atom. The lowest BCUT2D eigenvalue weighted by Gasteiger charge is -2.39. The molecule has 4 rings (SSSR count). The molecule has 3 fully saturated rings. The zero-order chi connectivity index (χ0) is 19.6. The normalized spacial score (nSPS) is 24.5. The van der Waals surface area contributed by atoms with Gasteiger partial charge in [-0.3, -0.25) is 9.59 Å². The molecule has 3 aliphatic rings. The van der Waals surface area contributed by atoms with E-state index in [0.29, 0.717) is 58.2 Å². The highest BCUT2D eigenvalue weighted by molar-refractivity contribution is 5.84. The van der Waals surface area contributed by atoms with Crippen molar-refractivity contribution in [2.24, 2.45) is 11.3 Å². The zero-order valence-electron chi connectivity index (χ0n) is 16.1. The summed E-state index contributed by atoms with van der Waals surface area (Å²) in [6.07, 6.45) is 1.73. The summed E-state index contributed by atoms with van der Waals surface area (Å²) in [5.74, 6) is -0.459. The Morgan fingerprint density at radius 3 is 2.50 bits per heavy atom. The Labute approximate surface area is 164 Å². The molecule has 2 amide bonds. The molecule has 1 unspecified atom stereocenters. The number of morpholine rings is 1. The summed E-state index contributed by atoms with van der Waals surface area (Å²) in [6.45, 7) is 4.61. The monoisotopic (exact) mass is 390 g/mol. The van der Waals surface area contributed by atoms with Crippen molar-refractivity contribution in [2.45, 2.75) is 19.3 Å². The summed E-state index contributed by atoms with van der Waals surface area (Å²) in [6, 6.07) is 6.15. The molecule has 1 atom stereocenters. The smallest absolute Gasteiger partial charge is 0.228 e. The van der Waals surface area contributed by atoms with E-state index in [4.69, 9.17) is 9.47 Å². The van der Waals surface area contributed by atoms with E-state index in [2.05, 4.69) is 0 Å². The number of carbonyl (C=O) groups excluding carboxylic acids is 2. The Kier molecular flexibility index (Phi) is 5.64. The largest absolute Gasteiger partial charge is 0.381 e. The molecule has 1 aromatic carbocycles. The van der Waals surface area contributed by atoms with Crippen molar-refractivity contribution in [3.63, 3.8) is 0 Å². The van der Waals surface area contributed by atoms with E-state index in [-0.39, 0.29) is 35.4 Å². The molecule has 1 aromatic rings. The van der Waals surface area contributed by atoms with Gasteiger partial charge < -0.3 is 19.3 Å². The fourth-order valence-corrected chi connectivity index (χ4v) is 4.72. The minimum atomic E-state index is -0.340. The fourth-order valence-electron chi connectivity index (χ4n) is 4.72. The van der Waals surface area contributed by atoms with Crippen LogP contribution < -0.4 is 0 Å². The van der Waals surface area contributed by atoms with Crippen molar-refractivity contribution in [2.75, 3.05) is 52.6 Å². The van der Waals surface area contributed by atoms with Crippen LogP contribution in [-0.2, 0) is 25.5 Å². The summed E-state index contributed by atoms with van der Waals surface area (Å²) in [7, 11) is 0. The first-order valence-corrected chi connectivity index (χ1v) is 10.0. The van der Waals surface area contributed by atoms with Gasteiger partial charge in [-0.15, -0.1) is 0 Å². The number of rotatable bonds is 3. The maximum absolute atomic E-state index is 13.5. The molecular weight excluding hydrogens is 363 g/mol. The molecule has 152 valence electrons. The number of carbonyl (C=O) groups is 2. The molecule has 28 heavy (non-hydrogen) atoms. The van der Waals surface area contributed by atoms with Crippen LogP contribution in [0.2, 0.25) is 0 Å². The molecule has 0 saturated carbocycles. The summed E-state index contributed by atoms with van der Waals surface area (Å²) in [5.41, 5.74) is 0.444. The Hall–Kier alpha value is -1.99. The van der Waals surface area contributed by atoms with Crippen LogP contribution in [-0.4, -0.2) is 74.2 Å². The highest BCUT2D eigenvalue weighted by atomic mass is 19.1.